The zero-order valence-electron chi connectivity index (χ0n) is 13.4. The number of benzene rings is 1. The number of Topliss-reactive ketones (excluding diaryl/α,β-unsaturated/α-hetero) is 2. The molecule has 2 aromatic rings. The van der Waals surface area contributed by atoms with E-state index in [-0.39, 0.29) is 17.5 Å². The summed E-state index contributed by atoms with van der Waals surface area (Å²) >= 11 is 0. The third-order valence-corrected chi connectivity index (χ3v) is 3.61. The van der Waals surface area contributed by atoms with Crippen molar-refractivity contribution < 1.29 is 19.0 Å². The fourth-order valence-corrected chi connectivity index (χ4v) is 2.11. The number of nitrogens with one attached hydrogen (secondary N) is 1. The molecule has 0 unspecified atom stereocenters. The van der Waals surface area contributed by atoms with Crippen LogP contribution in [-0.2, 0) is 4.79 Å². The van der Waals surface area contributed by atoms with Crippen molar-refractivity contribution in [2.24, 2.45) is 0 Å². The van der Waals surface area contributed by atoms with Crippen molar-refractivity contribution in [1.82, 2.24) is 0 Å². The third kappa shape index (κ3) is 4.10. The molecule has 1 aromatic carbocycles. The molecule has 0 aliphatic heterocycles. The van der Waals surface area contributed by atoms with Gasteiger partial charge in [0.15, 0.2) is 24.0 Å². The van der Waals surface area contributed by atoms with Gasteiger partial charge in [-0.1, -0.05) is 0 Å². The number of hydrogen-bond donors (Lipinski definition) is 1. The monoisotopic (exact) mass is 311 g/mol. The lowest BCUT2D eigenvalue weighted by atomic mass is 10.1. The molecule has 0 radical (unpaired) electrons. The number of hydrogen-bond acceptors (Lipinski definition) is 3. The number of pyridine rings is 1. The highest BCUT2D eigenvalue weighted by Crippen LogP contribution is 2.11. The van der Waals surface area contributed by atoms with E-state index in [1.807, 2.05) is 0 Å². The number of rotatable bonds is 5. The topological polar surface area (TPSA) is 67.1 Å². The van der Waals surface area contributed by atoms with Crippen LogP contribution in [-0.4, -0.2) is 17.5 Å². The summed E-state index contributed by atoms with van der Waals surface area (Å²) in [5, 5.41) is 2.80. The summed E-state index contributed by atoms with van der Waals surface area (Å²) in [6.07, 6.45) is 3.40. The van der Waals surface area contributed by atoms with Crippen LogP contribution in [0.1, 0.15) is 47.5 Å². The smallest absolute Gasteiger partial charge is 0.293 e. The maximum absolute atomic E-state index is 12.3. The van der Waals surface area contributed by atoms with E-state index >= 15 is 0 Å². The highest BCUT2D eigenvalue weighted by atomic mass is 16.2. The number of carbonyl (C=O) groups is 3. The molecule has 2 rings (SSSR count). The first kappa shape index (κ1) is 16.5. The lowest BCUT2D eigenvalue weighted by Gasteiger charge is -2.09. The minimum Gasteiger partial charge on any atom is -0.320 e. The Morgan fingerprint density at radius 1 is 0.957 bits per heavy atom. The summed E-state index contributed by atoms with van der Waals surface area (Å²) < 4.78 is 1.69. The number of nitrogens with zero attached hydrogens (tertiary/aromatic N) is 1. The zero-order valence-corrected chi connectivity index (χ0v) is 13.4. The van der Waals surface area contributed by atoms with E-state index in [0.29, 0.717) is 16.8 Å². The number of anilines is 1. The van der Waals surface area contributed by atoms with Gasteiger partial charge in [-0.05, 0) is 44.2 Å². The van der Waals surface area contributed by atoms with Crippen LogP contribution in [0.2, 0.25) is 0 Å². The molecule has 1 amide bonds. The van der Waals surface area contributed by atoms with Gasteiger partial charge in [0.1, 0.15) is 0 Å². The van der Waals surface area contributed by atoms with Gasteiger partial charge in [-0.25, -0.2) is 0 Å². The second kappa shape index (κ2) is 6.96. The molecule has 1 atom stereocenters. The third-order valence-electron chi connectivity index (χ3n) is 3.61. The van der Waals surface area contributed by atoms with E-state index in [0.717, 1.165) is 0 Å². The van der Waals surface area contributed by atoms with Crippen LogP contribution < -0.4 is 9.88 Å². The van der Waals surface area contributed by atoms with Crippen LogP contribution in [0, 0.1) is 0 Å². The van der Waals surface area contributed by atoms with Crippen LogP contribution in [0.25, 0.3) is 0 Å². The quantitative estimate of drug-likeness (QED) is 0.681. The first-order valence-corrected chi connectivity index (χ1v) is 7.32. The standard InChI is InChI=1S/C18H18N2O3/c1-12(20-10-4-5-16(11-20)14(3)22)18(23)19-17-8-6-15(7-9-17)13(2)21/h4-12H,1-3H3/p+1/t12-/m1/s1. The zero-order chi connectivity index (χ0) is 17.0. The molecule has 5 heteroatoms. The van der Waals surface area contributed by atoms with Gasteiger partial charge in [0, 0.05) is 24.2 Å². The van der Waals surface area contributed by atoms with Crippen molar-refractivity contribution in [2.45, 2.75) is 26.8 Å². The van der Waals surface area contributed by atoms with Crippen LogP contribution in [0.3, 0.4) is 0 Å². The second-order valence-corrected chi connectivity index (χ2v) is 5.39. The second-order valence-electron chi connectivity index (χ2n) is 5.39. The molecular formula is C18H19N2O3+. The molecule has 0 fully saturated rings. The number of amides is 1. The van der Waals surface area contributed by atoms with Gasteiger partial charge in [-0.15, -0.1) is 0 Å². The maximum atomic E-state index is 12.3. The summed E-state index contributed by atoms with van der Waals surface area (Å²) in [7, 11) is 0. The van der Waals surface area contributed by atoms with Crippen molar-refractivity contribution >= 4 is 23.2 Å². The van der Waals surface area contributed by atoms with Gasteiger partial charge in [0.05, 0.1) is 5.56 Å². The molecule has 0 aliphatic carbocycles. The Kier molecular flexibility index (Phi) is 5.01. The summed E-state index contributed by atoms with van der Waals surface area (Å²) in [6, 6.07) is 9.71. The van der Waals surface area contributed by atoms with Crippen molar-refractivity contribution in [3.05, 3.63) is 59.9 Å². The predicted molar refractivity (Wildman–Crippen MR) is 86.4 cm³/mol. The average Bonchev–Trinajstić information content (AvgIpc) is 2.54. The Morgan fingerprint density at radius 3 is 2.13 bits per heavy atom. The highest BCUT2D eigenvalue weighted by Gasteiger charge is 2.22. The average molecular weight is 311 g/mol. The predicted octanol–water partition coefficient (Wildman–Crippen LogP) is 2.58. The van der Waals surface area contributed by atoms with Gasteiger partial charge in [-0.3, -0.25) is 14.4 Å². The molecule has 1 aromatic heterocycles. The molecule has 0 spiro atoms. The van der Waals surface area contributed by atoms with E-state index in [1.165, 1.54) is 13.8 Å². The fraction of sp³-hybridized carbons (Fsp3) is 0.222. The molecular weight excluding hydrogens is 292 g/mol. The van der Waals surface area contributed by atoms with Gasteiger partial charge in [0.25, 0.3) is 5.91 Å². The minimum atomic E-state index is -0.471. The summed E-state index contributed by atoms with van der Waals surface area (Å²) in [6.45, 7) is 4.73. The summed E-state index contributed by atoms with van der Waals surface area (Å²) in [5.74, 6) is -0.272. The van der Waals surface area contributed by atoms with E-state index in [9.17, 15) is 14.4 Å². The van der Waals surface area contributed by atoms with Crippen LogP contribution in [0.4, 0.5) is 5.69 Å². The molecule has 0 saturated heterocycles. The van der Waals surface area contributed by atoms with Crippen molar-refractivity contribution in [3.63, 3.8) is 0 Å². The van der Waals surface area contributed by atoms with Gasteiger partial charge in [-0.2, -0.15) is 4.57 Å². The molecule has 0 bridgehead atoms. The molecule has 118 valence electrons. The SMILES string of the molecule is CC(=O)c1ccc(NC(=O)[C@@H](C)[n+]2cccc(C(C)=O)c2)cc1. The van der Waals surface area contributed by atoms with Gasteiger partial charge < -0.3 is 5.32 Å². The number of aromatic nitrogens is 1. The van der Waals surface area contributed by atoms with Crippen LogP contribution in [0.15, 0.2) is 48.8 Å². The van der Waals surface area contributed by atoms with Crippen molar-refractivity contribution in [2.75, 3.05) is 5.32 Å². The van der Waals surface area contributed by atoms with Crippen LogP contribution >= 0.6 is 0 Å². The Labute approximate surface area is 135 Å². The molecule has 1 heterocycles. The first-order chi connectivity index (χ1) is 10.9. The molecule has 5 nitrogen and oxygen atoms in total. The number of carbonyl (C=O) groups excluding carboxylic acids is 3. The summed E-state index contributed by atoms with van der Waals surface area (Å²) in [5.41, 5.74) is 1.77. The number of ketones is 2. The maximum Gasteiger partial charge on any atom is 0.293 e. The Morgan fingerprint density at radius 2 is 1.57 bits per heavy atom. The molecule has 1 N–H and O–H groups in total. The lowest BCUT2D eigenvalue weighted by molar-refractivity contribution is -0.705. The Balaban J connectivity index is 2.12. The van der Waals surface area contributed by atoms with E-state index in [1.54, 1.807) is 60.3 Å². The van der Waals surface area contributed by atoms with Crippen molar-refractivity contribution in [1.29, 1.82) is 0 Å². The largest absolute Gasteiger partial charge is 0.320 e. The first-order valence-electron chi connectivity index (χ1n) is 7.32. The van der Waals surface area contributed by atoms with E-state index < -0.39 is 6.04 Å². The van der Waals surface area contributed by atoms with E-state index in [4.69, 9.17) is 0 Å². The fourth-order valence-electron chi connectivity index (χ4n) is 2.11. The normalized spacial score (nSPS) is 11.6. The molecule has 23 heavy (non-hydrogen) atoms. The van der Waals surface area contributed by atoms with Crippen LogP contribution in [0.5, 0.6) is 0 Å². The lowest BCUT2D eigenvalue weighted by Crippen LogP contribution is -2.44. The van der Waals surface area contributed by atoms with Gasteiger partial charge >= 0.3 is 0 Å². The van der Waals surface area contributed by atoms with Gasteiger partial charge in [0.2, 0.25) is 6.04 Å². The van der Waals surface area contributed by atoms with Crippen molar-refractivity contribution in [3.8, 4) is 0 Å². The molecule has 0 aliphatic rings. The Hall–Kier alpha value is -2.82. The Bertz CT molecular complexity index is 751. The summed E-state index contributed by atoms with van der Waals surface area (Å²) in [4.78, 5) is 35.0. The van der Waals surface area contributed by atoms with E-state index in [2.05, 4.69) is 5.32 Å². The minimum absolute atomic E-state index is 0.0205. The highest BCUT2D eigenvalue weighted by molar-refractivity contribution is 5.96. The molecule has 0 saturated carbocycles.